The molecule has 2 aromatic rings. The largest absolute Gasteiger partial charge is 0.491 e. The van der Waals surface area contributed by atoms with E-state index in [1.807, 2.05) is 0 Å². The van der Waals surface area contributed by atoms with E-state index in [-0.39, 0.29) is 17.2 Å². The first-order valence-corrected chi connectivity index (χ1v) is 12.1. The van der Waals surface area contributed by atoms with E-state index in [0.29, 0.717) is 30.6 Å². The van der Waals surface area contributed by atoms with Crippen LogP contribution >= 0.6 is 0 Å². The average molecular weight is 558 g/mol. The van der Waals surface area contributed by atoms with Crippen LogP contribution < -0.4 is 16.4 Å². The number of fused-ring (bicyclic) bond motifs is 1. The number of carbonyl (C=O) groups excluding carboxylic acids is 4. The van der Waals surface area contributed by atoms with Crippen molar-refractivity contribution in [1.82, 2.24) is 4.90 Å². The number of unbranched alkanes of at least 4 members (excludes halogenated alkanes) is 1. The molecule has 2 aromatic carbocycles. The first-order valence-electron chi connectivity index (χ1n) is 12.1. The van der Waals surface area contributed by atoms with Gasteiger partial charge in [0.2, 0.25) is 0 Å². The molecule has 40 heavy (non-hydrogen) atoms. The van der Waals surface area contributed by atoms with Gasteiger partial charge in [0, 0.05) is 30.3 Å². The van der Waals surface area contributed by atoms with E-state index in [2.05, 4.69) is 21.6 Å². The van der Waals surface area contributed by atoms with E-state index in [1.165, 1.54) is 17.9 Å². The van der Waals surface area contributed by atoms with Crippen molar-refractivity contribution in [2.75, 3.05) is 18.0 Å². The Bertz CT molecular complexity index is 1380. The van der Waals surface area contributed by atoms with Gasteiger partial charge in [0.15, 0.2) is 5.96 Å². The second-order valence-corrected chi connectivity index (χ2v) is 8.75. The van der Waals surface area contributed by atoms with Gasteiger partial charge in [0.05, 0.1) is 17.7 Å². The fourth-order valence-corrected chi connectivity index (χ4v) is 3.87. The zero-order valence-corrected chi connectivity index (χ0v) is 21.4. The van der Waals surface area contributed by atoms with Crippen LogP contribution in [-0.4, -0.2) is 59.9 Å². The number of esters is 2. The van der Waals surface area contributed by atoms with Crippen LogP contribution in [0.4, 0.5) is 24.5 Å². The van der Waals surface area contributed by atoms with E-state index >= 15 is 0 Å². The number of amides is 2. The van der Waals surface area contributed by atoms with Crippen molar-refractivity contribution in [2.24, 2.45) is 16.5 Å². The molecular formula is C27H26F3N5O5. The second-order valence-electron chi connectivity index (χ2n) is 8.75. The molecule has 0 aromatic heterocycles. The zero-order chi connectivity index (χ0) is 29.4. The van der Waals surface area contributed by atoms with Crippen LogP contribution in [0.25, 0.3) is 0 Å². The number of hydrogen-bond donors (Lipinski definition) is 2. The molecule has 10 nitrogen and oxygen atoms in total. The summed E-state index contributed by atoms with van der Waals surface area (Å²) in [5, 5.41) is 0. The standard InChI is InChI=1S/C27H26F3N5O5/c1-17(14-23(37)40-25(39)27(28,29)30)34-16-22(36)35(19-9-5-2-6-10-19)21-12-11-18(15-20(21)24(34)38)8-4-3-7-13-33-26(31)32/h2,5-6,9-12,15,17H,3,7,13-14,16H2,1H3,(H4,31,32,33). The van der Waals surface area contributed by atoms with Gasteiger partial charge in [-0.25, -0.2) is 4.79 Å². The molecule has 13 heteroatoms. The normalized spacial score (nSPS) is 13.9. The number of benzene rings is 2. The fourth-order valence-electron chi connectivity index (χ4n) is 3.87. The molecule has 1 aliphatic rings. The number of anilines is 2. The van der Waals surface area contributed by atoms with E-state index in [9.17, 15) is 32.3 Å². The Labute approximate surface area is 227 Å². The number of nitrogens with two attached hydrogens (primary N) is 2. The molecule has 0 saturated heterocycles. The van der Waals surface area contributed by atoms with E-state index in [0.717, 1.165) is 4.90 Å². The number of guanidine groups is 1. The maximum atomic E-state index is 13.7. The summed E-state index contributed by atoms with van der Waals surface area (Å²) in [4.78, 5) is 56.4. The minimum atomic E-state index is -5.36. The Morgan fingerprint density at radius 1 is 1.12 bits per heavy atom. The number of ether oxygens (including phenoxy) is 1. The number of hydrogen-bond acceptors (Lipinski definition) is 6. The van der Waals surface area contributed by atoms with Gasteiger partial charge in [-0.3, -0.25) is 24.3 Å². The summed E-state index contributed by atoms with van der Waals surface area (Å²) in [6.45, 7) is 1.27. The van der Waals surface area contributed by atoms with Crippen LogP contribution in [0.2, 0.25) is 0 Å². The minimum absolute atomic E-state index is 0.0197. The number of rotatable bonds is 7. The van der Waals surface area contributed by atoms with Crippen LogP contribution in [0.1, 0.15) is 42.1 Å². The van der Waals surface area contributed by atoms with Gasteiger partial charge in [-0.15, -0.1) is 0 Å². The van der Waals surface area contributed by atoms with Crippen molar-refractivity contribution < 1.29 is 37.1 Å². The monoisotopic (exact) mass is 557 g/mol. The highest BCUT2D eigenvalue weighted by molar-refractivity contribution is 6.13. The summed E-state index contributed by atoms with van der Waals surface area (Å²) < 4.78 is 41.3. The molecule has 0 aliphatic carbocycles. The number of halogens is 3. The summed E-state index contributed by atoms with van der Waals surface area (Å²) in [6.07, 6.45) is -5.04. The zero-order valence-electron chi connectivity index (χ0n) is 21.4. The maximum Gasteiger partial charge on any atom is 0.491 e. The highest BCUT2D eigenvalue weighted by Gasteiger charge is 2.43. The van der Waals surface area contributed by atoms with Crippen molar-refractivity contribution in [3.8, 4) is 11.8 Å². The summed E-state index contributed by atoms with van der Waals surface area (Å²) in [5.41, 5.74) is 11.9. The lowest BCUT2D eigenvalue weighted by Gasteiger charge is -2.27. The molecule has 2 amide bonds. The van der Waals surface area contributed by atoms with Crippen LogP contribution in [0, 0.1) is 11.8 Å². The van der Waals surface area contributed by atoms with Crippen molar-refractivity contribution in [1.29, 1.82) is 0 Å². The van der Waals surface area contributed by atoms with Gasteiger partial charge in [0.25, 0.3) is 11.8 Å². The number of alkyl halides is 3. The van der Waals surface area contributed by atoms with Crippen molar-refractivity contribution >= 4 is 41.1 Å². The first-order chi connectivity index (χ1) is 18.9. The second kappa shape index (κ2) is 12.8. The molecule has 3 rings (SSSR count). The van der Waals surface area contributed by atoms with Gasteiger partial charge in [-0.05, 0) is 43.7 Å². The molecule has 0 radical (unpaired) electrons. The van der Waals surface area contributed by atoms with Gasteiger partial charge >= 0.3 is 18.1 Å². The molecule has 0 fully saturated rings. The van der Waals surface area contributed by atoms with Crippen LogP contribution in [0.3, 0.4) is 0 Å². The molecule has 0 saturated carbocycles. The van der Waals surface area contributed by atoms with Gasteiger partial charge in [-0.2, -0.15) is 13.2 Å². The van der Waals surface area contributed by atoms with Crippen LogP contribution in [0.5, 0.6) is 0 Å². The number of para-hydroxylation sites is 1. The lowest BCUT2D eigenvalue weighted by molar-refractivity contribution is -0.202. The average Bonchev–Trinajstić information content (AvgIpc) is 2.99. The Balaban J connectivity index is 1.92. The Morgan fingerprint density at radius 3 is 2.48 bits per heavy atom. The third kappa shape index (κ3) is 7.59. The first kappa shape index (κ1) is 29.7. The fraction of sp³-hybridized carbons (Fsp3) is 0.296. The number of nitrogens with zero attached hydrogens (tertiary/aromatic N) is 3. The third-order valence-corrected chi connectivity index (χ3v) is 5.72. The molecule has 4 N–H and O–H groups in total. The van der Waals surface area contributed by atoms with Crippen molar-refractivity contribution in [3.63, 3.8) is 0 Å². The lowest BCUT2D eigenvalue weighted by atomic mass is 10.0. The Hall–Kier alpha value is -4.86. The summed E-state index contributed by atoms with van der Waals surface area (Å²) in [5.74, 6) is 0.567. The maximum absolute atomic E-state index is 13.7. The van der Waals surface area contributed by atoms with Gasteiger partial charge < -0.3 is 21.1 Å². The quantitative estimate of drug-likeness (QED) is 0.133. The molecule has 210 valence electrons. The number of aliphatic imine (C=N–C) groups is 1. The summed E-state index contributed by atoms with van der Waals surface area (Å²) >= 11 is 0. The molecule has 1 aliphatic heterocycles. The third-order valence-electron chi connectivity index (χ3n) is 5.72. The van der Waals surface area contributed by atoms with Crippen LogP contribution in [-0.2, 0) is 19.1 Å². The highest BCUT2D eigenvalue weighted by Crippen LogP contribution is 2.33. The molecule has 0 spiro atoms. The number of carbonyl (C=O) groups is 4. The predicted molar refractivity (Wildman–Crippen MR) is 139 cm³/mol. The van der Waals surface area contributed by atoms with E-state index in [4.69, 9.17) is 11.5 Å². The topological polar surface area (TPSA) is 148 Å². The van der Waals surface area contributed by atoms with E-state index in [1.54, 1.807) is 42.5 Å². The highest BCUT2D eigenvalue weighted by atomic mass is 19.4. The Kier molecular flexibility index (Phi) is 9.50. The SMILES string of the molecule is CC(CC(=O)OC(=O)C(F)(F)F)N1CC(=O)N(c2ccccc2)c2ccc(C#CCCCN=C(N)N)cc2C1=O. The minimum Gasteiger partial charge on any atom is -0.386 e. The lowest BCUT2D eigenvalue weighted by Crippen LogP contribution is -2.44. The van der Waals surface area contributed by atoms with Crippen molar-refractivity contribution in [2.45, 2.75) is 38.4 Å². The van der Waals surface area contributed by atoms with E-state index < -0.39 is 48.9 Å². The smallest absolute Gasteiger partial charge is 0.386 e. The predicted octanol–water partition coefficient (Wildman–Crippen LogP) is 2.62. The van der Waals surface area contributed by atoms with Crippen LogP contribution in [0.15, 0.2) is 53.5 Å². The molecular weight excluding hydrogens is 531 g/mol. The van der Waals surface area contributed by atoms with Gasteiger partial charge in [0.1, 0.15) is 6.54 Å². The molecule has 1 atom stereocenters. The molecule has 1 heterocycles. The molecule has 0 bridgehead atoms. The summed E-state index contributed by atoms with van der Waals surface area (Å²) in [7, 11) is 0. The van der Waals surface area contributed by atoms with Gasteiger partial charge in [-0.1, -0.05) is 30.0 Å². The van der Waals surface area contributed by atoms with Crippen molar-refractivity contribution in [3.05, 3.63) is 59.7 Å². The summed E-state index contributed by atoms with van der Waals surface area (Å²) in [6, 6.07) is 12.2. The molecule has 1 unspecified atom stereocenters. The Morgan fingerprint density at radius 2 is 1.82 bits per heavy atom.